The molecule has 0 aliphatic carbocycles. The van der Waals surface area contributed by atoms with Crippen LogP contribution in [0.15, 0.2) is 36.4 Å². The minimum absolute atomic E-state index is 0.131. The smallest absolute Gasteiger partial charge is 0.323 e. The Morgan fingerprint density at radius 3 is 2.12 bits per heavy atom. The number of amides is 1. The summed E-state index contributed by atoms with van der Waals surface area (Å²) in [5.41, 5.74) is 3.07. The number of nitrogens with zero attached hydrogens (tertiary/aromatic N) is 1. The molecule has 2 aromatic rings. The fourth-order valence-corrected chi connectivity index (χ4v) is 2.76. The number of benzene rings is 2. The number of carbonyl (C=O) groups is 2. The lowest BCUT2D eigenvalue weighted by Gasteiger charge is -2.22. The van der Waals surface area contributed by atoms with Crippen molar-refractivity contribution in [2.75, 3.05) is 20.8 Å². The molecule has 6 nitrogen and oxygen atoms in total. The van der Waals surface area contributed by atoms with Gasteiger partial charge in [-0.3, -0.25) is 9.59 Å². The number of hydrogen-bond donors (Lipinski definition) is 1. The third-order valence-corrected chi connectivity index (χ3v) is 4.01. The maximum absolute atomic E-state index is 12.9. The van der Waals surface area contributed by atoms with E-state index >= 15 is 0 Å². The maximum atomic E-state index is 12.9. The number of ether oxygens (including phenoxy) is 2. The first-order valence-corrected chi connectivity index (χ1v) is 8.14. The number of carbonyl (C=O) groups excluding carboxylic acids is 1. The van der Waals surface area contributed by atoms with Crippen molar-refractivity contribution in [2.24, 2.45) is 0 Å². The van der Waals surface area contributed by atoms with Crippen LogP contribution in [0.4, 0.5) is 0 Å². The number of rotatable bonds is 7. The molecule has 0 aliphatic rings. The van der Waals surface area contributed by atoms with E-state index < -0.39 is 12.5 Å². The first-order valence-electron chi connectivity index (χ1n) is 8.14. The largest absolute Gasteiger partial charge is 0.497 e. The normalized spacial score (nSPS) is 10.3. The third kappa shape index (κ3) is 4.75. The van der Waals surface area contributed by atoms with Gasteiger partial charge in [0.2, 0.25) is 0 Å². The number of carboxylic acid groups (broad SMARTS) is 1. The molecule has 0 unspecified atom stereocenters. The summed E-state index contributed by atoms with van der Waals surface area (Å²) in [5.74, 6) is -0.244. The zero-order valence-corrected chi connectivity index (χ0v) is 15.4. The molecule has 0 heterocycles. The van der Waals surface area contributed by atoms with E-state index in [1.165, 1.54) is 19.1 Å². The average Bonchev–Trinajstić information content (AvgIpc) is 2.59. The molecule has 0 bridgehead atoms. The summed E-state index contributed by atoms with van der Waals surface area (Å²) >= 11 is 0. The fraction of sp³-hybridized carbons (Fsp3) is 0.300. The fourth-order valence-electron chi connectivity index (χ4n) is 2.76. The zero-order chi connectivity index (χ0) is 19.3. The van der Waals surface area contributed by atoms with Gasteiger partial charge in [-0.2, -0.15) is 0 Å². The molecule has 138 valence electrons. The van der Waals surface area contributed by atoms with Crippen molar-refractivity contribution in [3.63, 3.8) is 0 Å². The SMILES string of the molecule is COc1cc(CN(CC(=O)O)C(=O)c2ccc(C)cc2C)cc(OC)c1. The van der Waals surface area contributed by atoms with E-state index in [1.807, 2.05) is 26.0 Å². The Balaban J connectivity index is 2.35. The van der Waals surface area contributed by atoms with Crippen LogP contribution in [0.2, 0.25) is 0 Å². The average molecular weight is 357 g/mol. The summed E-state index contributed by atoms with van der Waals surface area (Å²) in [7, 11) is 3.07. The van der Waals surface area contributed by atoms with E-state index in [4.69, 9.17) is 9.47 Å². The minimum atomic E-state index is -1.07. The van der Waals surface area contributed by atoms with Gasteiger partial charge in [0.15, 0.2) is 0 Å². The second kappa shape index (κ2) is 8.38. The van der Waals surface area contributed by atoms with Crippen LogP contribution in [-0.4, -0.2) is 42.6 Å². The second-order valence-corrected chi connectivity index (χ2v) is 6.09. The highest BCUT2D eigenvalue weighted by molar-refractivity contribution is 5.97. The van der Waals surface area contributed by atoms with Gasteiger partial charge in [0.25, 0.3) is 5.91 Å². The van der Waals surface area contributed by atoms with Gasteiger partial charge >= 0.3 is 5.97 Å². The Bertz CT molecular complexity index is 794. The maximum Gasteiger partial charge on any atom is 0.323 e. The van der Waals surface area contributed by atoms with E-state index in [-0.39, 0.29) is 12.5 Å². The van der Waals surface area contributed by atoms with E-state index in [9.17, 15) is 14.7 Å². The lowest BCUT2D eigenvalue weighted by atomic mass is 10.0. The predicted octanol–water partition coefficient (Wildman–Crippen LogP) is 3.05. The first kappa shape index (κ1) is 19.3. The monoisotopic (exact) mass is 357 g/mol. The molecule has 0 radical (unpaired) electrons. The summed E-state index contributed by atoms with van der Waals surface area (Å²) in [6.07, 6.45) is 0. The van der Waals surface area contributed by atoms with Gasteiger partial charge < -0.3 is 19.5 Å². The zero-order valence-electron chi connectivity index (χ0n) is 15.4. The van der Waals surface area contributed by atoms with Crippen molar-refractivity contribution in [3.8, 4) is 11.5 Å². The van der Waals surface area contributed by atoms with Gasteiger partial charge in [-0.05, 0) is 43.2 Å². The third-order valence-electron chi connectivity index (χ3n) is 4.01. The molecule has 0 aliphatic heterocycles. The summed E-state index contributed by atoms with van der Waals surface area (Å²) in [6.45, 7) is 3.52. The van der Waals surface area contributed by atoms with Crippen molar-refractivity contribution in [2.45, 2.75) is 20.4 Å². The van der Waals surface area contributed by atoms with Crippen molar-refractivity contribution in [3.05, 3.63) is 58.7 Å². The van der Waals surface area contributed by atoms with Crippen LogP contribution in [0.25, 0.3) is 0 Å². The van der Waals surface area contributed by atoms with Crippen LogP contribution in [0, 0.1) is 13.8 Å². The van der Waals surface area contributed by atoms with Crippen LogP contribution in [-0.2, 0) is 11.3 Å². The van der Waals surface area contributed by atoms with E-state index in [0.29, 0.717) is 17.1 Å². The van der Waals surface area contributed by atoms with Crippen LogP contribution in [0.3, 0.4) is 0 Å². The quantitative estimate of drug-likeness (QED) is 0.824. The highest BCUT2D eigenvalue weighted by atomic mass is 16.5. The highest BCUT2D eigenvalue weighted by Crippen LogP contribution is 2.24. The number of methoxy groups -OCH3 is 2. The molecule has 0 aromatic heterocycles. The molecule has 0 spiro atoms. The van der Waals surface area contributed by atoms with Crippen molar-refractivity contribution in [1.82, 2.24) is 4.90 Å². The molecule has 2 rings (SSSR count). The van der Waals surface area contributed by atoms with Gasteiger partial charge in [0, 0.05) is 18.2 Å². The molecule has 0 saturated carbocycles. The lowest BCUT2D eigenvalue weighted by molar-refractivity contribution is -0.137. The Morgan fingerprint density at radius 2 is 1.62 bits per heavy atom. The summed E-state index contributed by atoms with van der Waals surface area (Å²) in [5, 5.41) is 9.23. The molecule has 2 aromatic carbocycles. The standard InChI is InChI=1S/C20H23NO5/c1-13-5-6-18(14(2)7-13)20(24)21(12-19(22)23)11-15-8-16(25-3)10-17(9-15)26-4/h5-10H,11-12H2,1-4H3,(H,22,23). The van der Waals surface area contributed by atoms with Gasteiger partial charge in [0.1, 0.15) is 18.0 Å². The summed E-state index contributed by atoms with van der Waals surface area (Å²) in [4.78, 5) is 25.5. The second-order valence-electron chi connectivity index (χ2n) is 6.09. The molecule has 1 amide bonds. The minimum Gasteiger partial charge on any atom is -0.497 e. The Hall–Kier alpha value is -3.02. The van der Waals surface area contributed by atoms with Gasteiger partial charge in [-0.25, -0.2) is 0 Å². The van der Waals surface area contributed by atoms with Crippen LogP contribution < -0.4 is 9.47 Å². The van der Waals surface area contributed by atoms with Gasteiger partial charge in [-0.15, -0.1) is 0 Å². The van der Waals surface area contributed by atoms with E-state index in [0.717, 1.165) is 16.7 Å². The number of hydrogen-bond acceptors (Lipinski definition) is 4. The number of aliphatic carboxylic acids is 1. The summed E-state index contributed by atoms with van der Waals surface area (Å²) in [6, 6.07) is 10.7. The van der Waals surface area contributed by atoms with E-state index in [2.05, 4.69) is 0 Å². The predicted molar refractivity (Wildman–Crippen MR) is 97.8 cm³/mol. The molecular weight excluding hydrogens is 334 g/mol. The van der Waals surface area contributed by atoms with Crippen molar-refractivity contribution in [1.29, 1.82) is 0 Å². The molecule has 0 fully saturated rings. The molecular formula is C20H23NO5. The van der Waals surface area contributed by atoms with Crippen molar-refractivity contribution < 1.29 is 24.2 Å². The van der Waals surface area contributed by atoms with Crippen molar-refractivity contribution >= 4 is 11.9 Å². The van der Waals surface area contributed by atoms with Crippen LogP contribution in [0.1, 0.15) is 27.0 Å². The van der Waals surface area contributed by atoms with Gasteiger partial charge in [-0.1, -0.05) is 17.7 Å². The van der Waals surface area contributed by atoms with Gasteiger partial charge in [0.05, 0.1) is 14.2 Å². The molecule has 1 N–H and O–H groups in total. The summed E-state index contributed by atoms with van der Waals surface area (Å²) < 4.78 is 10.5. The molecule has 0 saturated heterocycles. The molecule has 0 atom stereocenters. The Labute approximate surface area is 153 Å². The Morgan fingerprint density at radius 1 is 1.00 bits per heavy atom. The number of carboxylic acids is 1. The number of aryl methyl sites for hydroxylation is 2. The highest BCUT2D eigenvalue weighted by Gasteiger charge is 2.21. The van der Waals surface area contributed by atoms with Crippen LogP contribution in [0.5, 0.6) is 11.5 Å². The van der Waals surface area contributed by atoms with Crippen LogP contribution >= 0.6 is 0 Å². The topological polar surface area (TPSA) is 76.1 Å². The Kier molecular flexibility index (Phi) is 6.22. The molecule has 26 heavy (non-hydrogen) atoms. The first-order chi connectivity index (χ1) is 12.3. The lowest BCUT2D eigenvalue weighted by Crippen LogP contribution is -2.35. The van der Waals surface area contributed by atoms with E-state index in [1.54, 1.807) is 24.3 Å². The molecule has 6 heteroatoms.